The predicted octanol–water partition coefficient (Wildman–Crippen LogP) is 4.71. The van der Waals surface area contributed by atoms with Crippen molar-refractivity contribution in [3.05, 3.63) is 35.4 Å². The molecule has 3 heteroatoms. The van der Waals surface area contributed by atoms with Gasteiger partial charge in [-0.3, -0.25) is 0 Å². The zero-order chi connectivity index (χ0) is 12.1. The van der Waals surface area contributed by atoms with Gasteiger partial charge >= 0.3 is 0 Å². The van der Waals surface area contributed by atoms with Crippen LogP contribution >= 0.6 is 15.9 Å². The summed E-state index contributed by atoms with van der Waals surface area (Å²) in [5, 5.41) is 0. The van der Waals surface area contributed by atoms with Gasteiger partial charge in [-0.15, -0.1) is 0 Å². The smallest absolute Gasteiger partial charge is 0.129 e. The Morgan fingerprint density at radius 2 is 2.00 bits per heavy atom. The van der Waals surface area contributed by atoms with Crippen molar-refractivity contribution in [1.29, 1.82) is 0 Å². The van der Waals surface area contributed by atoms with Crippen molar-refractivity contribution in [3.8, 4) is 0 Å². The van der Waals surface area contributed by atoms with Crippen LogP contribution in [-0.2, 0) is 6.42 Å². The normalized spacial score (nSPS) is 14.8. The van der Waals surface area contributed by atoms with E-state index in [0.29, 0.717) is 17.9 Å². The first-order chi connectivity index (χ1) is 7.54. The zero-order valence-electron chi connectivity index (χ0n) is 9.64. The second-order valence-electron chi connectivity index (χ2n) is 4.22. The van der Waals surface area contributed by atoms with Crippen LogP contribution in [-0.4, -0.2) is 4.83 Å². The van der Waals surface area contributed by atoms with Crippen LogP contribution in [0.25, 0.3) is 0 Å². The third-order valence-electron chi connectivity index (χ3n) is 2.79. The van der Waals surface area contributed by atoms with Crippen LogP contribution in [0.5, 0.6) is 0 Å². The number of hydrogen-bond donors (Lipinski definition) is 0. The van der Waals surface area contributed by atoms with Crippen molar-refractivity contribution in [2.24, 2.45) is 5.92 Å². The summed E-state index contributed by atoms with van der Waals surface area (Å²) >= 11 is 3.57. The molecule has 1 aromatic rings. The average Bonchev–Trinajstić information content (AvgIpc) is 2.22. The van der Waals surface area contributed by atoms with Gasteiger partial charge in [0, 0.05) is 10.9 Å². The van der Waals surface area contributed by atoms with Gasteiger partial charge in [-0.05, 0) is 30.4 Å². The molecule has 0 spiro atoms. The number of hydrogen-bond acceptors (Lipinski definition) is 0. The minimum absolute atomic E-state index is 0.243. The van der Waals surface area contributed by atoms with Crippen molar-refractivity contribution in [1.82, 2.24) is 0 Å². The zero-order valence-corrected chi connectivity index (χ0v) is 11.2. The molecular formula is C13H17BrF2. The monoisotopic (exact) mass is 290 g/mol. The molecule has 1 rings (SSSR count). The Bertz CT molecular complexity index is 339. The number of halogens is 3. The first-order valence-electron chi connectivity index (χ1n) is 5.62. The number of rotatable bonds is 5. The molecule has 90 valence electrons. The van der Waals surface area contributed by atoms with Crippen molar-refractivity contribution < 1.29 is 8.78 Å². The van der Waals surface area contributed by atoms with E-state index >= 15 is 0 Å². The van der Waals surface area contributed by atoms with Crippen molar-refractivity contribution in [2.75, 3.05) is 0 Å². The van der Waals surface area contributed by atoms with E-state index in [4.69, 9.17) is 0 Å². The summed E-state index contributed by atoms with van der Waals surface area (Å²) in [5.41, 5.74) is 0.575. The fourth-order valence-corrected chi connectivity index (χ4v) is 2.35. The van der Waals surface area contributed by atoms with E-state index in [2.05, 4.69) is 29.8 Å². The molecule has 0 fully saturated rings. The van der Waals surface area contributed by atoms with Crippen LogP contribution in [0.4, 0.5) is 8.78 Å². The summed E-state index contributed by atoms with van der Waals surface area (Å²) < 4.78 is 26.1. The quantitative estimate of drug-likeness (QED) is 0.689. The highest BCUT2D eigenvalue weighted by atomic mass is 79.9. The molecule has 0 aliphatic rings. The summed E-state index contributed by atoms with van der Waals surface area (Å²) in [4.78, 5) is 0.243. The Morgan fingerprint density at radius 1 is 1.31 bits per heavy atom. The Balaban J connectivity index is 2.65. The highest BCUT2D eigenvalue weighted by molar-refractivity contribution is 9.09. The minimum atomic E-state index is -0.519. The van der Waals surface area contributed by atoms with Gasteiger partial charge < -0.3 is 0 Å². The van der Waals surface area contributed by atoms with Crippen LogP contribution in [0.3, 0.4) is 0 Å². The third-order valence-corrected chi connectivity index (χ3v) is 4.02. The molecule has 0 saturated heterocycles. The highest BCUT2D eigenvalue weighted by Gasteiger charge is 2.15. The molecule has 0 N–H and O–H groups in total. The molecule has 0 aromatic heterocycles. The van der Waals surface area contributed by atoms with Crippen molar-refractivity contribution >= 4 is 15.9 Å². The molecule has 0 aliphatic heterocycles. The Hall–Kier alpha value is -0.440. The summed E-state index contributed by atoms with van der Waals surface area (Å²) in [6.45, 7) is 4.28. The molecule has 16 heavy (non-hydrogen) atoms. The number of benzene rings is 1. The SMILES string of the molecule is CCCC(C)C(Br)Cc1ccc(F)cc1F. The molecule has 0 heterocycles. The number of alkyl halides is 1. The Labute approximate surface area is 104 Å². The van der Waals surface area contributed by atoms with Crippen molar-refractivity contribution in [2.45, 2.75) is 37.9 Å². The highest BCUT2D eigenvalue weighted by Crippen LogP contribution is 2.23. The van der Waals surface area contributed by atoms with Gasteiger partial charge in [0.05, 0.1) is 0 Å². The lowest BCUT2D eigenvalue weighted by Gasteiger charge is -2.17. The van der Waals surface area contributed by atoms with Crippen molar-refractivity contribution in [3.63, 3.8) is 0 Å². The molecule has 0 aliphatic carbocycles. The Kier molecular flexibility index (Phi) is 5.39. The first-order valence-corrected chi connectivity index (χ1v) is 6.54. The van der Waals surface area contributed by atoms with Gasteiger partial charge in [-0.25, -0.2) is 8.78 Å². The summed E-state index contributed by atoms with van der Waals surface area (Å²) in [5.74, 6) is -0.475. The van der Waals surface area contributed by atoms with Gasteiger partial charge in [0.1, 0.15) is 11.6 Å². The van der Waals surface area contributed by atoms with Gasteiger partial charge in [0.2, 0.25) is 0 Å². The molecule has 0 saturated carbocycles. The fourth-order valence-electron chi connectivity index (χ4n) is 1.73. The summed E-state index contributed by atoms with van der Waals surface area (Å²) in [6.07, 6.45) is 2.83. The van der Waals surface area contributed by atoms with Gasteiger partial charge in [-0.2, -0.15) is 0 Å². The summed E-state index contributed by atoms with van der Waals surface area (Å²) in [7, 11) is 0. The molecule has 2 unspecified atom stereocenters. The first kappa shape index (κ1) is 13.6. The summed E-state index contributed by atoms with van der Waals surface area (Å²) in [6, 6.07) is 3.78. The minimum Gasteiger partial charge on any atom is -0.207 e. The lowest BCUT2D eigenvalue weighted by atomic mass is 9.97. The molecule has 2 atom stereocenters. The van der Waals surface area contributed by atoms with E-state index in [0.717, 1.165) is 18.9 Å². The van der Waals surface area contributed by atoms with E-state index in [1.165, 1.54) is 12.1 Å². The average molecular weight is 291 g/mol. The molecule has 0 bridgehead atoms. The van der Waals surface area contributed by atoms with Gasteiger partial charge in [0.25, 0.3) is 0 Å². The van der Waals surface area contributed by atoms with Crippen LogP contribution < -0.4 is 0 Å². The van der Waals surface area contributed by atoms with Crippen LogP contribution in [0.1, 0.15) is 32.3 Å². The maximum Gasteiger partial charge on any atom is 0.129 e. The van der Waals surface area contributed by atoms with E-state index in [1.54, 1.807) is 0 Å². The lowest BCUT2D eigenvalue weighted by molar-refractivity contribution is 0.496. The molecule has 0 radical (unpaired) electrons. The third kappa shape index (κ3) is 3.85. The maximum absolute atomic E-state index is 13.4. The second kappa shape index (κ2) is 6.33. The largest absolute Gasteiger partial charge is 0.207 e. The Morgan fingerprint density at radius 3 is 2.56 bits per heavy atom. The van der Waals surface area contributed by atoms with E-state index < -0.39 is 11.6 Å². The molecular weight excluding hydrogens is 274 g/mol. The van der Waals surface area contributed by atoms with Crippen LogP contribution in [0, 0.1) is 17.6 Å². The predicted molar refractivity (Wildman–Crippen MR) is 66.8 cm³/mol. The molecule has 0 nitrogen and oxygen atoms in total. The van der Waals surface area contributed by atoms with E-state index in [9.17, 15) is 8.78 Å². The second-order valence-corrected chi connectivity index (χ2v) is 5.40. The fraction of sp³-hybridized carbons (Fsp3) is 0.538. The van der Waals surface area contributed by atoms with Gasteiger partial charge in [-0.1, -0.05) is 42.3 Å². The van der Waals surface area contributed by atoms with Crippen LogP contribution in [0.2, 0.25) is 0 Å². The van der Waals surface area contributed by atoms with Gasteiger partial charge in [0.15, 0.2) is 0 Å². The van der Waals surface area contributed by atoms with Crippen LogP contribution in [0.15, 0.2) is 18.2 Å². The standard InChI is InChI=1S/C13H17BrF2/c1-3-4-9(2)12(14)7-10-5-6-11(15)8-13(10)16/h5-6,8-9,12H,3-4,7H2,1-2H3. The topological polar surface area (TPSA) is 0 Å². The van der Waals surface area contributed by atoms with E-state index in [1.807, 2.05) is 0 Å². The molecule has 0 amide bonds. The van der Waals surface area contributed by atoms with E-state index in [-0.39, 0.29) is 4.83 Å². The molecule has 1 aromatic carbocycles. The lowest BCUT2D eigenvalue weighted by Crippen LogP contribution is -2.14. The maximum atomic E-state index is 13.4.